The fourth-order valence-corrected chi connectivity index (χ4v) is 4.16. The van der Waals surface area contributed by atoms with Crippen molar-refractivity contribution in [3.8, 4) is 22.5 Å². The van der Waals surface area contributed by atoms with E-state index < -0.39 is 9.84 Å². The van der Waals surface area contributed by atoms with Gasteiger partial charge < -0.3 is 5.32 Å². The fourth-order valence-electron chi connectivity index (χ4n) is 3.33. The minimum Gasteiger partial charge on any atom is -0.316 e. The second-order valence-electron chi connectivity index (χ2n) is 6.37. The van der Waals surface area contributed by atoms with Crippen LogP contribution in [0.4, 0.5) is 0 Å². The Labute approximate surface area is 151 Å². The van der Waals surface area contributed by atoms with Gasteiger partial charge in [-0.1, -0.05) is 24.3 Å². The van der Waals surface area contributed by atoms with E-state index in [4.69, 9.17) is 0 Å². The molecular formula is C17H18N6O2S. The highest BCUT2D eigenvalue weighted by molar-refractivity contribution is 7.90. The van der Waals surface area contributed by atoms with E-state index in [0.29, 0.717) is 11.5 Å². The molecule has 2 N–H and O–H groups in total. The van der Waals surface area contributed by atoms with Gasteiger partial charge in [-0.15, -0.1) is 5.10 Å². The molecule has 9 heteroatoms. The van der Waals surface area contributed by atoms with E-state index in [1.807, 2.05) is 12.1 Å². The number of nitrogens with one attached hydrogen (secondary N) is 2. The zero-order chi connectivity index (χ0) is 18.1. The average molecular weight is 370 g/mol. The molecule has 8 nitrogen and oxygen atoms in total. The van der Waals surface area contributed by atoms with Crippen molar-refractivity contribution in [2.75, 3.05) is 19.3 Å². The number of hydrogen-bond acceptors (Lipinski definition) is 7. The molecule has 0 bridgehead atoms. The van der Waals surface area contributed by atoms with E-state index in [1.165, 1.54) is 11.8 Å². The van der Waals surface area contributed by atoms with Gasteiger partial charge in [0.2, 0.25) is 0 Å². The molecule has 1 saturated heterocycles. The van der Waals surface area contributed by atoms with E-state index in [2.05, 4.69) is 43.1 Å². The van der Waals surface area contributed by atoms with Gasteiger partial charge in [0.1, 0.15) is 0 Å². The standard InChI is InChI=1S/C17H18N6O2S/c1-26(24,25)17-15(16-20-22-23-21-16)14(7-9-19-17)12-4-2-11(3-5-12)13-6-8-18-10-13/h2-5,7,9,13,18H,6,8,10H2,1H3,(H,20,21,22,23). The molecule has 4 rings (SSSR count). The van der Waals surface area contributed by atoms with Crippen LogP contribution in [0.1, 0.15) is 17.9 Å². The van der Waals surface area contributed by atoms with Crippen LogP contribution in [0.2, 0.25) is 0 Å². The highest BCUT2D eigenvalue weighted by atomic mass is 32.2. The Morgan fingerprint density at radius 2 is 1.96 bits per heavy atom. The van der Waals surface area contributed by atoms with Crippen LogP contribution >= 0.6 is 0 Å². The van der Waals surface area contributed by atoms with Crippen molar-refractivity contribution in [3.05, 3.63) is 42.1 Å². The minimum atomic E-state index is -3.55. The predicted octanol–water partition coefficient (Wildman–Crippen LogP) is 1.41. The summed E-state index contributed by atoms with van der Waals surface area (Å²) in [4.78, 5) is 4.06. The molecule has 0 saturated carbocycles. The van der Waals surface area contributed by atoms with Gasteiger partial charge in [-0.25, -0.2) is 18.5 Å². The molecule has 26 heavy (non-hydrogen) atoms. The molecule has 0 spiro atoms. The van der Waals surface area contributed by atoms with Crippen molar-refractivity contribution >= 4 is 9.84 Å². The van der Waals surface area contributed by atoms with Gasteiger partial charge in [0.25, 0.3) is 0 Å². The summed E-state index contributed by atoms with van der Waals surface area (Å²) >= 11 is 0. The molecule has 0 radical (unpaired) electrons. The largest absolute Gasteiger partial charge is 0.316 e. The van der Waals surface area contributed by atoms with Crippen molar-refractivity contribution in [2.45, 2.75) is 17.4 Å². The van der Waals surface area contributed by atoms with Crippen LogP contribution in [-0.4, -0.2) is 53.4 Å². The third-order valence-electron chi connectivity index (χ3n) is 4.60. The summed E-state index contributed by atoms with van der Waals surface area (Å²) in [6.45, 7) is 2.03. The Kier molecular flexibility index (Phi) is 4.25. The van der Waals surface area contributed by atoms with Crippen LogP contribution in [0.15, 0.2) is 41.6 Å². The Bertz CT molecular complexity index is 1010. The number of benzene rings is 1. The maximum atomic E-state index is 12.2. The zero-order valence-corrected chi connectivity index (χ0v) is 15.0. The second-order valence-corrected chi connectivity index (χ2v) is 8.30. The van der Waals surface area contributed by atoms with E-state index in [0.717, 1.165) is 36.9 Å². The summed E-state index contributed by atoms with van der Waals surface area (Å²) in [6, 6.07) is 9.97. The summed E-state index contributed by atoms with van der Waals surface area (Å²) in [5, 5.41) is 17.0. The lowest BCUT2D eigenvalue weighted by atomic mass is 9.94. The number of sulfone groups is 1. The maximum Gasteiger partial charge on any atom is 0.193 e. The molecule has 1 unspecified atom stereocenters. The van der Waals surface area contributed by atoms with Crippen molar-refractivity contribution in [1.29, 1.82) is 0 Å². The molecule has 3 aromatic rings. The molecule has 0 aliphatic carbocycles. The van der Waals surface area contributed by atoms with Gasteiger partial charge in [-0.2, -0.15) is 0 Å². The number of tetrazole rings is 1. The Morgan fingerprint density at radius 1 is 1.15 bits per heavy atom. The van der Waals surface area contributed by atoms with Gasteiger partial charge in [-0.3, -0.25) is 0 Å². The number of H-pyrrole nitrogens is 1. The summed E-state index contributed by atoms with van der Waals surface area (Å²) in [5.74, 6) is 0.795. The quantitative estimate of drug-likeness (QED) is 0.714. The van der Waals surface area contributed by atoms with Crippen LogP contribution in [0, 0.1) is 0 Å². The van der Waals surface area contributed by atoms with Crippen molar-refractivity contribution in [1.82, 2.24) is 30.9 Å². The normalized spacial score (nSPS) is 17.5. The SMILES string of the molecule is CS(=O)(=O)c1nccc(-c2ccc(C3CCNC3)cc2)c1-c1nnn[nH]1. The highest BCUT2D eigenvalue weighted by Gasteiger charge is 2.23. The van der Waals surface area contributed by atoms with E-state index in [1.54, 1.807) is 6.07 Å². The number of pyridine rings is 1. The van der Waals surface area contributed by atoms with E-state index in [9.17, 15) is 8.42 Å². The smallest absolute Gasteiger partial charge is 0.193 e. The average Bonchev–Trinajstić information content (AvgIpc) is 3.34. The summed E-state index contributed by atoms with van der Waals surface area (Å²) in [7, 11) is -3.55. The number of aromatic amines is 1. The van der Waals surface area contributed by atoms with Gasteiger partial charge in [0.05, 0.1) is 5.56 Å². The third-order valence-corrected chi connectivity index (χ3v) is 5.61. The summed E-state index contributed by atoms with van der Waals surface area (Å²) < 4.78 is 24.4. The number of rotatable bonds is 4. The van der Waals surface area contributed by atoms with Crippen LogP contribution in [-0.2, 0) is 9.84 Å². The molecule has 1 aliphatic rings. The lowest BCUT2D eigenvalue weighted by Crippen LogP contribution is -2.08. The lowest BCUT2D eigenvalue weighted by molar-refractivity contribution is 0.598. The van der Waals surface area contributed by atoms with Crippen LogP contribution < -0.4 is 5.32 Å². The third kappa shape index (κ3) is 3.11. The monoisotopic (exact) mass is 370 g/mol. The van der Waals surface area contributed by atoms with Gasteiger partial charge >= 0.3 is 0 Å². The Hall–Kier alpha value is -2.65. The molecule has 134 valence electrons. The van der Waals surface area contributed by atoms with Crippen LogP contribution in [0.3, 0.4) is 0 Å². The zero-order valence-electron chi connectivity index (χ0n) is 14.2. The van der Waals surface area contributed by atoms with Crippen molar-refractivity contribution in [3.63, 3.8) is 0 Å². The summed E-state index contributed by atoms with van der Waals surface area (Å²) in [6.07, 6.45) is 3.75. The maximum absolute atomic E-state index is 12.2. The molecule has 1 atom stereocenters. The minimum absolute atomic E-state index is 0.0439. The fraction of sp³-hybridized carbons (Fsp3) is 0.294. The molecule has 2 aromatic heterocycles. The number of nitrogens with zero attached hydrogens (tertiary/aromatic N) is 4. The van der Waals surface area contributed by atoms with E-state index >= 15 is 0 Å². The van der Waals surface area contributed by atoms with Gasteiger partial charge in [0, 0.05) is 19.0 Å². The topological polar surface area (TPSA) is 114 Å². The van der Waals surface area contributed by atoms with Gasteiger partial charge in [-0.05, 0) is 52.1 Å². The van der Waals surface area contributed by atoms with Crippen LogP contribution in [0.25, 0.3) is 22.5 Å². The van der Waals surface area contributed by atoms with Crippen LogP contribution in [0.5, 0.6) is 0 Å². The molecule has 1 aromatic carbocycles. The first-order valence-corrected chi connectivity index (χ1v) is 10.2. The molecule has 0 amide bonds. The summed E-state index contributed by atoms with van der Waals surface area (Å²) in [5.41, 5.74) is 3.27. The Morgan fingerprint density at radius 3 is 2.58 bits per heavy atom. The van der Waals surface area contributed by atoms with E-state index in [-0.39, 0.29) is 10.9 Å². The first-order valence-electron chi connectivity index (χ1n) is 8.28. The first kappa shape index (κ1) is 16.8. The molecular weight excluding hydrogens is 352 g/mol. The van der Waals surface area contributed by atoms with Crippen molar-refractivity contribution < 1.29 is 8.42 Å². The van der Waals surface area contributed by atoms with Gasteiger partial charge in [0.15, 0.2) is 20.7 Å². The second kappa shape index (κ2) is 6.58. The first-order chi connectivity index (χ1) is 12.5. The number of hydrogen-bond donors (Lipinski definition) is 2. The molecule has 1 aliphatic heterocycles. The lowest BCUT2D eigenvalue weighted by Gasteiger charge is -2.13. The Balaban J connectivity index is 1.84. The van der Waals surface area contributed by atoms with Crippen molar-refractivity contribution in [2.24, 2.45) is 0 Å². The highest BCUT2D eigenvalue weighted by Crippen LogP contribution is 2.34. The molecule has 3 heterocycles. The molecule has 1 fully saturated rings. The number of aromatic nitrogens is 5. The predicted molar refractivity (Wildman–Crippen MR) is 96.2 cm³/mol.